The average molecular weight is 495 g/mol. The summed E-state index contributed by atoms with van der Waals surface area (Å²) in [7, 11) is -2.46. The van der Waals surface area contributed by atoms with Crippen LogP contribution in [0.2, 0.25) is 0 Å². The Hall–Kier alpha value is -3.52. The lowest BCUT2D eigenvalue weighted by Crippen LogP contribution is -2.45. The third-order valence-electron chi connectivity index (χ3n) is 5.94. The van der Waals surface area contributed by atoms with E-state index in [9.17, 15) is 13.2 Å². The molecule has 1 atom stereocenters. The van der Waals surface area contributed by atoms with Crippen molar-refractivity contribution >= 4 is 21.6 Å². The van der Waals surface area contributed by atoms with Crippen molar-refractivity contribution in [2.75, 3.05) is 18.0 Å². The van der Waals surface area contributed by atoms with E-state index in [2.05, 4.69) is 5.32 Å². The lowest BCUT2D eigenvalue weighted by atomic mass is 9.89. The van der Waals surface area contributed by atoms with E-state index >= 15 is 0 Å². The number of methoxy groups -OCH3 is 1. The fourth-order valence-corrected chi connectivity index (χ4v) is 5.70. The van der Waals surface area contributed by atoms with Crippen LogP contribution in [0.25, 0.3) is 0 Å². The van der Waals surface area contributed by atoms with Gasteiger partial charge < -0.3 is 14.8 Å². The molecule has 3 aromatic rings. The van der Waals surface area contributed by atoms with Crippen LogP contribution < -0.4 is 19.1 Å². The number of hydrogen-bond donors (Lipinski definition) is 1. The minimum absolute atomic E-state index is 0.108. The van der Waals surface area contributed by atoms with Gasteiger partial charge in [-0.15, -0.1) is 0 Å². The fourth-order valence-electron chi connectivity index (χ4n) is 4.26. The molecule has 0 saturated carbocycles. The van der Waals surface area contributed by atoms with Crippen LogP contribution in [0.15, 0.2) is 77.7 Å². The van der Waals surface area contributed by atoms with Gasteiger partial charge in [0.05, 0.1) is 23.7 Å². The van der Waals surface area contributed by atoms with E-state index in [4.69, 9.17) is 9.47 Å². The Bertz CT molecular complexity index is 1310. The molecule has 1 N–H and O–H groups in total. The van der Waals surface area contributed by atoms with Gasteiger partial charge in [0.15, 0.2) is 0 Å². The van der Waals surface area contributed by atoms with Crippen molar-refractivity contribution in [3.05, 3.63) is 83.9 Å². The van der Waals surface area contributed by atoms with Gasteiger partial charge in [-0.25, -0.2) is 8.42 Å². The van der Waals surface area contributed by atoms with E-state index in [1.54, 1.807) is 42.5 Å². The summed E-state index contributed by atoms with van der Waals surface area (Å²) in [6.45, 7) is 5.55. The van der Waals surface area contributed by atoms with E-state index in [0.717, 1.165) is 21.2 Å². The second kappa shape index (κ2) is 9.62. The topological polar surface area (TPSA) is 84.9 Å². The van der Waals surface area contributed by atoms with Crippen molar-refractivity contribution < 1.29 is 22.7 Å². The Morgan fingerprint density at radius 1 is 1.09 bits per heavy atom. The number of hydrogen-bond acceptors (Lipinski definition) is 5. The molecule has 1 heterocycles. The Kier molecular flexibility index (Phi) is 6.76. The predicted molar refractivity (Wildman–Crippen MR) is 135 cm³/mol. The number of ether oxygens (including phenoxy) is 2. The van der Waals surface area contributed by atoms with Crippen LogP contribution in [0.5, 0.6) is 11.5 Å². The lowest BCUT2D eigenvalue weighted by Gasteiger charge is -2.38. The number of nitrogens with one attached hydrogen (secondary N) is 1. The fraction of sp³-hybridized carbons (Fsp3) is 0.296. The summed E-state index contributed by atoms with van der Waals surface area (Å²) in [4.78, 5) is 13.4. The molecule has 0 bridgehead atoms. The minimum atomic E-state index is -3.99. The summed E-state index contributed by atoms with van der Waals surface area (Å²) in [5.41, 5.74) is 1.83. The van der Waals surface area contributed by atoms with Crippen LogP contribution in [0.3, 0.4) is 0 Å². The Morgan fingerprint density at radius 2 is 1.77 bits per heavy atom. The zero-order chi connectivity index (χ0) is 25.2. The molecule has 0 radical (unpaired) electrons. The number of aryl methyl sites for hydroxylation is 1. The van der Waals surface area contributed by atoms with Crippen molar-refractivity contribution in [3.63, 3.8) is 0 Å². The first-order chi connectivity index (χ1) is 16.6. The number of carbonyl (C=O) groups is 1. The lowest BCUT2D eigenvalue weighted by molar-refractivity contribution is -0.120. The second-order valence-electron chi connectivity index (χ2n) is 9.25. The van der Waals surface area contributed by atoms with Crippen molar-refractivity contribution in [2.45, 2.75) is 43.7 Å². The first-order valence-corrected chi connectivity index (χ1v) is 12.8. The monoisotopic (exact) mass is 494 g/mol. The molecule has 1 unspecified atom stereocenters. The van der Waals surface area contributed by atoms with Gasteiger partial charge in [-0.1, -0.05) is 35.9 Å². The highest BCUT2D eigenvalue weighted by Crippen LogP contribution is 2.40. The number of anilines is 1. The van der Waals surface area contributed by atoms with Crippen molar-refractivity contribution in [2.24, 2.45) is 0 Å². The van der Waals surface area contributed by atoms with Gasteiger partial charge in [0.1, 0.15) is 23.6 Å². The third-order valence-corrected chi connectivity index (χ3v) is 7.72. The number of benzene rings is 3. The normalized spacial score (nSPS) is 16.5. The molecule has 0 aliphatic carbocycles. The molecular weight excluding hydrogens is 464 g/mol. The van der Waals surface area contributed by atoms with Gasteiger partial charge in [0.25, 0.3) is 10.0 Å². The van der Waals surface area contributed by atoms with Crippen LogP contribution in [-0.2, 0) is 14.8 Å². The van der Waals surface area contributed by atoms with Crippen molar-refractivity contribution in [3.8, 4) is 11.5 Å². The van der Waals surface area contributed by atoms with Crippen LogP contribution in [0.1, 0.15) is 37.4 Å². The number of carbonyl (C=O) groups excluding carboxylic acids is 1. The smallest absolute Gasteiger partial charge is 0.264 e. The summed E-state index contributed by atoms with van der Waals surface area (Å²) in [6, 6.07) is 20.3. The molecule has 3 aromatic carbocycles. The molecule has 0 aromatic heterocycles. The van der Waals surface area contributed by atoms with Crippen LogP contribution in [0, 0.1) is 6.92 Å². The molecule has 8 heteroatoms. The van der Waals surface area contributed by atoms with Gasteiger partial charge in [-0.3, -0.25) is 9.10 Å². The highest BCUT2D eigenvalue weighted by Gasteiger charge is 2.35. The van der Waals surface area contributed by atoms with Crippen LogP contribution in [-0.4, -0.2) is 33.6 Å². The highest BCUT2D eigenvalue weighted by atomic mass is 32.2. The molecule has 4 rings (SSSR count). The molecule has 0 fully saturated rings. The van der Waals surface area contributed by atoms with Gasteiger partial charge in [-0.05, 0) is 63.2 Å². The number of sulfonamides is 1. The van der Waals surface area contributed by atoms with E-state index < -0.39 is 21.5 Å². The van der Waals surface area contributed by atoms with Crippen molar-refractivity contribution in [1.82, 2.24) is 5.32 Å². The zero-order valence-electron chi connectivity index (χ0n) is 20.3. The summed E-state index contributed by atoms with van der Waals surface area (Å²) < 4.78 is 39.5. The summed E-state index contributed by atoms with van der Waals surface area (Å²) in [6.07, 6.45) is 0.559. The first kappa shape index (κ1) is 24.6. The van der Waals surface area contributed by atoms with Crippen LogP contribution >= 0.6 is 0 Å². The molecule has 1 aliphatic rings. The average Bonchev–Trinajstić information content (AvgIpc) is 2.83. The minimum Gasteiger partial charge on any atom is -0.497 e. The maximum absolute atomic E-state index is 13.6. The Labute approximate surface area is 206 Å². The van der Waals surface area contributed by atoms with Crippen LogP contribution in [0.4, 0.5) is 5.69 Å². The zero-order valence-corrected chi connectivity index (χ0v) is 21.1. The van der Waals surface area contributed by atoms with E-state index in [1.165, 1.54) is 19.2 Å². The standard InChI is InChI=1S/C27H30N2O5S/c1-19-10-15-25-23(16-19)24(17-27(2,3)34-25)28-26(30)18-29(20-11-13-21(33-4)14-12-20)35(31,32)22-8-6-5-7-9-22/h5-16,24H,17-18H2,1-4H3,(H,28,30). The van der Waals surface area contributed by atoms with E-state index in [0.29, 0.717) is 17.9 Å². The van der Waals surface area contributed by atoms with Crippen molar-refractivity contribution in [1.29, 1.82) is 0 Å². The summed E-state index contributed by atoms with van der Waals surface area (Å²) >= 11 is 0. The number of rotatable bonds is 7. The van der Waals surface area contributed by atoms with E-state index in [1.807, 2.05) is 39.0 Å². The van der Waals surface area contributed by atoms with Gasteiger partial charge >= 0.3 is 0 Å². The Morgan fingerprint density at radius 3 is 2.43 bits per heavy atom. The quantitative estimate of drug-likeness (QED) is 0.518. The molecule has 0 saturated heterocycles. The maximum Gasteiger partial charge on any atom is 0.264 e. The molecule has 35 heavy (non-hydrogen) atoms. The molecular formula is C27H30N2O5S. The molecule has 1 aliphatic heterocycles. The molecule has 7 nitrogen and oxygen atoms in total. The van der Waals surface area contributed by atoms with Gasteiger partial charge in [-0.2, -0.15) is 0 Å². The largest absolute Gasteiger partial charge is 0.497 e. The number of fused-ring (bicyclic) bond motifs is 1. The molecule has 0 spiro atoms. The SMILES string of the molecule is COc1ccc(N(CC(=O)NC2CC(C)(C)Oc3ccc(C)cc32)S(=O)(=O)c2ccccc2)cc1. The Balaban J connectivity index is 1.65. The highest BCUT2D eigenvalue weighted by molar-refractivity contribution is 7.92. The first-order valence-electron chi connectivity index (χ1n) is 11.4. The maximum atomic E-state index is 13.6. The van der Waals surface area contributed by atoms with E-state index in [-0.39, 0.29) is 17.5 Å². The van der Waals surface area contributed by atoms with Gasteiger partial charge in [0.2, 0.25) is 5.91 Å². The third kappa shape index (κ3) is 5.43. The predicted octanol–water partition coefficient (Wildman–Crippen LogP) is 4.62. The number of amides is 1. The summed E-state index contributed by atoms with van der Waals surface area (Å²) in [5.74, 6) is 0.906. The summed E-state index contributed by atoms with van der Waals surface area (Å²) in [5, 5.41) is 3.05. The number of nitrogens with zero attached hydrogens (tertiary/aromatic N) is 1. The molecule has 184 valence electrons. The molecule has 1 amide bonds. The second-order valence-corrected chi connectivity index (χ2v) is 11.1. The van der Waals surface area contributed by atoms with Gasteiger partial charge in [0, 0.05) is 12.0 Å².